The van der Waals surface area contributed by atoms with Gasteiger partial charge in [0.1, 0.15) is 12.4 Å². The van der Waals surface area contributed by atoms with E-state index in [4.69, 9.17) is 5.11 Å². The van der Waals surface area contributed by atoms with Crippen molar-refractivity contribution in [2.45, 2.75) is 19.4 Å². The van der Waals surface area contributed by atoms with Crippen molar-refractivity contribution in [3.05, 3.63) is 35.1 Å². The highest BCUT2D eigenvalue weighted by molar-refractivity contribution is 5.38. The number of benzene rings is 1. The first kappa shape index (κ1) is 15.0. The summed E-state index contributed by atoms with van der Waals surface area (Å²) in [5.74, 6) is 5.08. The average Bonchev–Trinajstić information content (AvgIpc) is 2.48. The molecule has 1 aromatic carbocycles. The molecule has 1 aliphatic rings. The minimum atomic E-state index is -0.360. The van der Waals surface area contributed by atoms with Crippen LogP contribution in [0, 0.1) is 23.6 Å². The van der Waals surface area contributed by atoms with Crippen molar-refractivity contribution in [3.8, 4) is 11.8 Å². The number of halogens is 1. The summed E-state index contributed by atoms with van der Waals surface area (Å²) in [6.45, 7) is 2.59. The highest BCUT2D eigenvalue weighted by Gasteiger charge is 2.19. The van der Waals surface area contributed by atoms with Crippen LogP contribution in [0.2, 0.25) is 0 Å². The van der Waals surface area contributed by atoms with Crippen LogP contribution in [0.3, 0.4) is 0 Å². The zero-order valence-electron chi connectivity index (χ0n) is 11.5. The number of hydrogen-bond donors (Lipinski definition) is 2. The molecule has 1 heterocycles. The Morgan fingerprint density at radius 3 is 2.95 bits per heavy atom. The fraction of sp³-hybridized carbons (Fsp3) is 0.500. The summed E-state index contributed by atoms with van der Waals surface area (Å²) in [7, 11) is 0. The second kappa shape index (κ2) is 7.39. The van der Waals surface area contributed by atoms with Gasteiger partial charge in [0, 0.05) is 19.7 Å². The second-order valence-electron chi connectivity index (χ2n) is 5.20. The molecule has 20 heavy (non-hydrogen) atoms. The molecule has 1 atom stereocenters. The lowest BCUT2D eigenvalue weighted by molar-refractivity contribution is 0.116. The van der Waals surface area contributed by atoms with Crippen LogP contribution in [0.4, 0.5) is 4.39 Å². The van der Waals surface area contributed by atoms with Gasteiger partial charge in [-0.05, 0) is 43.0 Å². The second-order valence-corrected chi connectivity index (χ2v) is 5.20. The maximum absolute atomic E-state index is 13.6. The highest BCUT2D eigenvalue weighted by Crippen LogP contribution is 2.19. The van der Waals surface area contributed by atoms with Crippen molar-refractivity contribution in [1.29, 1.82) is 0 Å². The number of nitrogens with zero attached hydrogens (tertiary/aromatic N) is 1. The van der Waals surface area contributed by atoms with Gasteiger partial charge in [0.2, 0.25) is 0 Å². The molecule has 0 saturated carbocycles. The van der Waals surface area contributed by atoms with Gasteiger partial charge in [-0.3, -0.25) is 4.90 Å². The number of rotatable bonds is 3. The molecule has 0 bridgehead atoms. The van der Waals surface area contributed by atoms with Crippen LogP contribution in [0.25, 0.3) is 0 Å². The molecular formula is C16H20FNO2. The predicted octanol–water partition coefficient (Wildman–Crippen LogP) is 1.37. The summed E-state index contributed by atoms with van der Waals surface area (Å²) < 4.78 is 13.6. The number of hydrogen-bond acceptors (Lipinski definition) is 3. The topological polar surface area (TPSA) is 43.7 Å². The van der Waals surface area contributed by atoms with Gasteiger partial charge in [0.05, 0.1) is 5.56 Å². The zero-order valence-corrected chi connectivity index (χ0v) is 11.5. The van der Waals surface area contributed by atoms with Gasteiger partial charge in [-0.15, -0.1) is 0 Å². The molecule has 0 aromatic heterocycles. The molecule has 4 heteroatoms. The molecule has 0 spiro atoms. The first-order valence-electron chi connectivity index (χ1n) is 6.94. The monoisotopic (exact) mass is 277 g/mol. The summed E-state index contributed by atoms with van der Waals surface area (Å²) in [6, 6.07) is 4.92. The molecule has 0 radical (unpaired) electrons. The van der Waals surface area contributed by atoms with Crippen LogP contribution in [-0.2, 0) is 6.54 Å². The Morgan fingerprint density at radius 1 is 1.35 bits per heavy atom. The minimum absolute atomic E-state index is 0.229. The molecule has 0 amide bonds. The zero-order chi connectivity index (χ0) is 14.4. The van der Waals surface area contributed by atoms with E-state index in [0.717, 1.165) is 38.0 Å². The van der Waals surface area contributed by atoms with Crippen molar-refractivity contribution in [1.82, 2.24) is 4.90 Å². The first-order valence-corrected chi connectivity index (χ1v) is 6.94. The van der Waals surface area contributed by atoms with Crippen molar-refractivity contribution < 1.29 is 14.6 Å². The summed E-state index contributed by atoms with van der Waals surface area (Å²) >= 11 is 0. The van der Waals surface area contributed by atoms with Gasteiger partial charge in [0.25, 0.3) is 0 Å². The number of likely N-dealkylation sites (tertiary alicyclic amines) is 1. The third-order valence-corrected chi connectivity index (χ3v) is 3.60. The molecule has 1 aliphatic heterocycles. The first-order chi connectivity index (χ1) is 9.72. The van der Waals surface area contributed by atoms with E-state index in [-0.39, 0.29) is 19.0 Å². The largest absolute Gasteiger partial charge is 0.396 e. The quantitative estimate of drug-likeness (QED) is 0.820. The number of aliphatic hydroxyl groups excluding tert-OH is 2. The molecule has 1 saturated heterocycles. The lowest BCUT2D eigenvalue weighted by Crippen LogP contribution is -2.36. The Labute approximate surface area is 119 Å². The van der Waals surface area contributed by atoms with Crippen molar-refractivity contribution in [2.24, 2.45) is 5.92 Å². The number of piperidine rings is 1. The Morgan fingerprint density at radius 2 is 2.20 bits per heavy atom. The van der Waals surface area contributed by atoms with Gasteiger partial charge >= 0.3 is 0 Å². The van der Waals surface area contributed by atoms with Gasteiger partial charge in [0.15, 0.2) is 0 Å². The summed E-state index contributed by atoms with van der Waals surface area (Å²) in [4.78, 5) is 2.28. The maximum Gasteiger partial charge on any atom is 0.138 e. The fourth-order valence-corrected chi connectivity index (χ4v) is 2.60. The smallest absolute Gasteiger partial charge is 0.138 e. The van der Waals surface area contributed by atoms with Crippen LogP contribution in [0.15, 0.2) is 18.2 Å². The van der Waals surface area contributed by atoms with Crippen molar-refractivity contribution >= 4 is 0 Å². The standard InChI is InChI=1S/C16H20FNO2/c17-16-6-5-13(9-15(16)4-2-8-19)10-18-7-1-3-14(11-18)12-20/h5-6,9,14,19-20H,1,3,7-8,10-12H2. The average molecular weight is 277 g/mol. The van der Waals surface area contributed by atoms with Crippen LogP contribution in [-0.4, -0.2) is 41.4 Å². The Kier molecular flexibility index (Phi) is 5.54. The van der Waals surface area contributed by atoms with Gasteiger partial charge < -0.3 is 10.2 Å². The molecule has 2 N–H and O–H groups in total. The van der Waals surface area contributed by atoms with E-state index in [9.17, 15) is 9.50 Å². The SMILES string of the molecule is OCC#Cc1cc(CN2CCCC(CO)C2)ccc1F. The van der Waals surface area contributed by atoms with Crippen LogP contribution in [0.5, 0.6) is 0 Å². The highest BCUT2D eigenvalue weighted by atomic mass is 19.1. The summed E-state index contributed by atoms with van der Waals surface area (Å²) in [6.07, 6.45) is 2.16. The van der Waals surface area contributed by atoms with Crippen molar-refractivity contribution in [2.75, 3.05) is 26.3 Å². The molecule has 3 nitrogen and oxygen atoms in total. The van der Waals surface area contributed by atoms with E-state index in [1.54, 1.807) is 12.1 Å². The Balaban J connectivity index is 2.05. The molecule has 1 aromatic rings. The Hall–Kier alpha value is -1.41. The molecular weight excluding hydrogens is 257 g/mol. The van der Waals surface area contributed by atoms with Gasteiger partial charge in [-0.1, -0.05) is 17.9 Å². The van der Waals surface area contributed by atoms with E-state index in [0.29, 0.717) is 11.5 Å². The normalized spacial score (nSPS) is 19.4. The number of aliphatic hydroxyl groups is 2. The van der Waals surface area contributed by atoms with Gasteiger partial charge in [-0.2, -0.15) is 0 Å². The van der Waals surface area contributed by atoms with E-state index in [2.05, 4.69) is 16.7 Å². The lowest BCUT2D eigenvalue weighted by Gasteiger charge is -2.31. The van der Waals surface area contributed by atoms with E-state index in [1.807, 2.05) is 0 Å². The van der Waals surface area contributed by atoms with Crippen LogP contribution in [0.1, 0.15) is 24.0 Å². The summed E-state index contributed by atoms with van der Waals surface area (Å²) in [5, 5.41) is 17.9. The molecule has 1 fully saturated rings. The minimum Gasteiger partial charge on any atom is -0.396 e. The fourth-order valence-electron chi connectivity index (χ4n) is 2.60. The molecule has 108 valence electrons. The lowest BCUT2D eigenvalue weighted by atomic mass is 9.98. The molecule has 2 rings (SSSR count). The van der Waals surface area contributed by atoms with E-state index < -0.39 is 0 Å². The third kappa shape index (κ3) is 4.04. The maximum atomic E-state index is 13.6. The summed E-state index contributed by atoms with van der Waals surface area (Å²) in [5.41, 5.74) is 1.33. The molecule has 1 unspecified atom stereocenters. The predicted molar refractivity (Wildman–Crippen MR) is 75.5 cm³/mol. The van der Waals surface area contributed by atoms with Crippen LogP contribution >= 0.6 is 0 Å². The third-order valence-electron chi connectivity index (χ3n) is 3.60. The van der Waals surface area contributed by atoms with E-state index >= 15 is 0 Å². The van der Waals surface area contributed by atoms with Crippen LogP contribution < -0.4 is 0 Å². The van der Waals surface area contributed by atoms with Crippen molar-refractivity contribution in [3.63, 3.8) is 0 Å². The van der Waals surface area contributed by atoms with E-state index in [1.165, 1.54) is 6.07 Å². The Bertz CT molecular complexity index is 507. The van der Waals surface area contributed by atoms with Gasteiger partial charge in [-0.25, -0.2) is 4.39 Å². The molecule has 0 aliphatic carbocycles.